The van der Waals surface area contributed by atoms with Gasteiger partial charge in [-0.1, -0.05) is 24.3 Å². The van der Waals surface area contributed by atoms with E-state index >= 15 is 0 Å². The van der Waals surface area contributed by atoms with Crippen LogP contribution in [0, 0.1) is 0 Å². The van der Waals surface area contributed by atoms with Crippen LogP contribution in [0.4, 0.5) is 5.82 Å². The first-order chi connectivity index (χ1) is 15.9. The Morgan fingerprint density at radius 1 is 0.909 bits per heavy atom. The van der Waals surface area contributed by atoms with Gasteiger partial charge in [-0.15, -0.1) is 0 Å². The van der Waals surface area contributed by atoms with Crippen LogP contribution in [0.2, 0.25) is 0 Å². The molecule has 1 N–H and O–H groups in total. The van der Waals surface area contributed by atoms with Gasteiger partial charge in [-0.05, 0) is 42.0 Å². The number of hydrogen-bond donors (Lipinski definition) is 1. The van der Waals surface area contributed by atoms with Gasteiger partial charge in [0.1, 0.15) is 5.82 Å². The molecule has 0 bridgehead atoms. The van der Waals surface area contributed by atoms with E-state index in [4.69, 9.17) is 9.72 Å². The Labute approximate surface area is 192 Å². The molecule has 1 atom stereocenters. The lowest BCUT2D eigenvalue weighted by Gasteiger charge is -2.33. The van der Waals surface area contributed by atoms with E-state index in [1.807, 2.05) is 48.5 Å². The van der Waals surface area contributed by atoms with Crippen LogP contribution in [-0.2, 0) is 21.9 Å². The SMILES string of the molecule is COc1cccc(C(Cc2cccc(NS(C)(=O)=O)n2)(c2cccnc2)c2ccccn2)n1. The molecule has 0 radical (unpaired) electrons. The van der Waals surface area contributed by atoms with Gasteiger partial charge in [0.15, 0.2) is 0 Å². The van der Waals surface area contributed by atoms with Crippen molar-refractivity contribution in [3.8, 4) is 5.88 Å². The second kappa shape index (κ2) is 9.33. The van der Waals surface area contributed by atoms with Gasteiger partial charge in [-0.25, -0.2) is 18.4 Å². The lowest BCUT2D eigenvalue weighted by Crippen LogP contribution is -2.34. The van der Waals surface area contributed by atoms with E-state index in [2.05, 4.69) is 19.7 Å². The Kier molecular flexibility index (Phi) is 6.32. The van der Waals surface area contributed by atoms with Crippen molar-refractivity contribution in [2.24, 2.45) is 0 Å². The van der Waals surface area contributed by atoms with Gasteiger partial charge in [0.2, 0.25) is 15.9 Å². The summed E-state index contributed by atoms with van der Waals surface area (Å²) in [4.78, 5) is 18.4. The standard InChI is InChI=1S/C24H23N5O3S/c1-32-23-13-6-11-21(28-23)24(18-8-7-14-25-17-18,20-10-3-4-15-26-20)16-19-9-5-12-22(27-19)29-33(2,30)31/h3-15,17H,16H2,1-2H3,(H,27,29). The average Bonchev–Trinajstić information content (AvgIpc) is 2.83. The minimum absolute atomic E-state index is 0.245. The molecule has 0 aliphatic heterocycles. The molecule has 8 nitrogen and oxygen atoms in total. The lowest BCUT2D eigenvalue weighted by molar-refractivity contribution is 0.392. The summed E-state index contributed by atoms with van der Waals surface area (Å²) in [7, 11) is -1.90. The summed E-state index contributed by atoms with van der Waals surface area (Å²) in [6.45, 7) is 0. The number of pyridine rings is 4. The molecule has 33 heavy (non-hydrogen) atoms. The normalized spacial score (nSPS) is 13.2. The van der Waals surface area contributed by atoms with Crippen LogP contribution in [0.25, 0.3) is 0 Å². The second-order valence-corrected chi connectivity index (χ2v) is 9.24. The minimum atomic E-state index is -3.47. The number of methoxy groups -OCH3 is 1. The average molecular weight is 462 g/mol. The second-order valence-electron chi connectivity index (χ2n) is 7.49. The largest absolute Gasteiger partial charge is 0.481 e. The summed E-state index contributed by atoms with van der Waals surface area (Å²) in [5.41, 5.74) is 2.12. The summed E-state index contributed by atoms with van der Waals surface area (Å²) in [5.74, 6) is 0.715. The van der Waals surface area contributed by atoms with Crippen molar-refractivity contribution in [3.63, 3.8) is 0 Å². The number of nitrogens with one attached hydrogen (secondary N) is 1. The molecule has 4 heterocycles. The monoisotopic (exact) mass is 461 g/mol. The Hall–Kier alpha value is -3.85. The van der Waals surface area contributed by atoms with Crippen molar-refractivity contribution >= 4 is 15.8 Å². The van der Waals surface area contributed by atoms with Crippen LogP contribution in [-0.4, -0.2) is 41.7 Å². The van der Waals surface area contributed by atoms with Crippen LogP contribution < -0.4 is 9.46 Å². The summed E-state index contributed by atoms with van der Waals surface area (Å²) >= 11 is 0. The molecule has 0 saturated heterocycles. The van der Waals surface area contributed by atoms with E-state index < -0.39 is 15.4 Å². The summed E-state index contributed by atoms with van der Waals surface area (Å²) in [6.07, 6.45) is 6.68. The molecule has 168 valence electrons. The molecule has 0 saturated carbocycles. The highest BCUT2D eigenvalue weighted by Crippen LogP contribution is 2.40. The Balaban J connectivity index is 1.95. The van der Waals surface area contributed by atoms with Crippen LogP contribution in [0.5, 0.6) is 5.88 Å². The van der Waals surface area contributed by atoms with Crippen molar-refractivity contribution in [1.29, 1.82) is 0 Å². The molecule has 9 heteroatoms. The van der Waals surface area contributed by atoms with Crippen molar-refractivity contribution < 1.29 is 13.2 Å². The molecule has 0 aromatic carbocycles. The van der Waals surface area contributed by atoms with Gasteiger partial charge in [-0.3, -0.25) is 14.7 Å². The third-order valence-electron chi connectivity index (χ3n) is 5.17. The highest BCUT2D eigenvalue weighted by atomic mass is 32.2. The van der Waals surface area contributed by atoms with Crippen molar-refractivity contribution in [1.82, 2.24) is 19.9 Å². The molecule has 0 aliphatic rings. The van der Waals surface area contributed by atoms with Gasteiger partial charge >= 0.3 is 0 Å². The van der Waals surface area contributed by atoms with Crippen molar-refractivity contribution in [3.05, 3.63) is 108 Å². The number of aromatic nitrogens is 4. The Morgan fingerprint density at radius 3 is 2.42 bits per heavy atom. The maximum absolute atomic E-state index is 11.7. The minimum Gasteiger partial charge on any atom is -0.481 e. The van der Waals surface area contributed by atoms with E-state index in [0.717, 1.165) is 17.5 Å². The predicted octanol–water partition coefficient (Wildman–Crippen LogP) is 3.22. The highest BCUT2D eigenvalue weighted by Gasteiger charge is 2.40. The van der Waals surface area contributed by atoms with Gasteiger partial charge < -0.3 is 4.74 Å². The fourth-order valence-corrected chi connectivity index (χ4v) is 4.30. The predicted molar refractivity (Wildman–Crippen MR) is 126 cm³/mol. The molecule has 0 aliphatic carbocycles. The molecule has 4 rings (SSSR count). The zero-order chi connectivity index (χ0) is 23.3. The summed E-state index contributed by atoms with van der Waals surface area (Å²) in [5, 5.41) is 0. The fraction of sp³-hybridized carbons (Fsp3) is 0.167. The molecular weight excluding hydrogens is 438 g/mol. The zero-order valence-electron chi connectivity index (χ0n) is 18.2. The van der Waals surface area contributed by atoms with E-state index in [0.29, 0.717) is 23.7 Å². The summed E-state index contributed by atoms with van der Waals surface area (Å²) in [6, 6.07) is 20.4. The van der Waals surface area contributed by atoms with Gasteiger partial charge in [0.25, 0.3) is 0 Å². The zero-order valence-corrected chi connectivity index (χ0v) is 19.0. The van der Waals surface area contributed by atoms with Gasteiger partial charge in [0.05, 0.1) is 30.2 Å². The maximum atomic E-state index is 11.7. The summed E-state index contributed by atoms with van der Waals surface area (Å²) < 4.78 is 31.3. The Bertz CT molecular complexity index is 1290. The molecule has 0 amide bonds. The number of rotatable bonds is 8. The first-order valence-corrected chi connectivity index (χ1v) is 12.1. The quantitative estimate of drug-likeness (QED) is 0.429. The Morgan fingerprint density at radius 2 is 1.73 bits per heavy atom. The van der Waals surface area contributed by atoms with Crippen molar-refractivity contribution in [2.45, 2.75) is 11.8 Å². The van der Waals surface area contributed by atoms with Crippen LogP contribution in [0.1, 0.15) is 22.6 Å². The molecule has 4 aromatic rings. The lowest BCUT2D eigenvalue weighted by atomic mass is 9.71. The molecule has 0 fully saturated rings. The number of hydrogen-bond acceptors (Lipinski definition) is 7. The number of ether oxygens (including phenoxy) is 1. The van der Waals surface area contributed by atoms with Gasteiger partial charge in [-0.2, -0.15) is 0 Å². The number of anilines is 1. The molecule has 1 unspecified atom stereocenters. The topological polar surface area (TPSA) is 107 Å². The third-order valence-corrected chi connectivity index (χ3v) is 5.75. The first kappa shape index (κ1) is 22.3. The maximum Gasteiger partial charge on any atom is 0.230 e. The van der Waals surface area contributed by atoms with E-state index in [9.17, 15) is 8.42 Å². The van der Waals surface area contributed by atoms with Crippen LogP contribution >= 0.6 is 0 Å². The smallest absolute Gasteiger partial charge is 0.230 e. The van der Waals surface area contributed by atoms with Crippen LogP contribution in [0.3, 0.4) is 0 Å². The third kappa shape index (κ3) is 4.98. The van der Waals surface area contributed by atoms with E-state index in [1.54, 1.807) is 43.9 Å². The van der Waals surface area contributed by atoms with E-state index in [-0.39, 0.29) is 5.82 Å². The number of nitrogens with zero attached hydrogens (tertiary/aromatic N) is 4. The van der Waals surface area contributed by atoms with Gasteiger partial charge in [0, 0.05) is 36.8 Å². The highest BCUT2D eigenvalue weighted by molar-refractivity contribution is 7.92. The van der Waals surface area contributed by atoms with Crippen LogP contribution in [0.15, 0.2) is 85.3 Å². The molecule has 0 spiro atoms. The van der Waals surface area contributed by atoms with E-state index in [1.165, 1.54) is 0 Å². The number of sulfonamides is 1. The fourth-order valence-electron chi connectivity index (χ4n) is 3.80. The first-order valence-electron chi connectivity index (χ1n) is 10.2. The van der Waals surface area contributed by atoms with Crippen molar-refractivity contribution in [2.75, 3.05) is 18.1 Å². The molecule has 4 aromatic heterocycles. The molecular formula is C24H23N5O3S.